The van der Waals surface area contributed by atoms with Gasteiger partial charge in [0.1, 0.15) is 0 Å². The molecule has 0 aromatic heterocycles. The van der Waals surface area contributed by atoms with Gasteiger partial charge in [-0.1, -0.05) is 6.07 Å². The number of hydrogen-bond acceptors (Lipinski definition) is 2. The summed E-state index contributed by atoms with van der Waals surface area (Å²) in [6.07, 6.45) is -5.11. The highest BCUT2D eigenvalue weighted by atomic mass is 19.4. The van der Waals surface area contributed by atoms with Crippen LogP contribution in [0.25, 0.3) is 0 Å². The van der Waals surface area contributed by atoms with Crippen LogP contribution in [0.4, 0.5) is 22.0 Å². The number of methoxy groups -OCH3 is 1. The summed E-state index contributed by atoms with van der Waals surface area (Å²) in [4.78, 5) is 11.6. The van der Waals surface area contributed by atoms with Crippen molar-refractivity contribution in [3.63, 3.8) is 0 Å². The van der Waals surface area contributed by atoms with Gasteiger partial charge in [0.25, 0.3) is 0 Å². The molecule has 0 saturated heterocycles. The van der Waals surface area contributed by atoms with Gasteiger partial charge in [-0.3, -0.25) is 4.79 Å². The molecule has 1 fully saturated rings. The van der Waals surface area contributed by atoms with Crippen LogP contribution in [0, 0.1) is 23.5 Å². The van der Waals surface area contributed by atoms with E-state index in [-0.39, 0.29) is 18.4 Å². The maximum absolute atomic E-state index is 13.8. The zero-order valence-corrected chi connectivity index (χ0v) is 12.3. The van der Waals surface area contributed by atoms with Crippen molar-refractivity contribution < 1.29 is 31.5 Å². The summed E-state index contributed by atoms with van der Waals surface area (Å²) < 4.78 is 70.6. The zero-order valence-electron chi connectivity index (χ0n) is 12.3. The van der Waals surface area contributed by atoms with Crippen LogP contribution >= 0.6 is 0 Å². The summed E-state index contributed by atoms with van der Waals surface area (Å²) in [7, 11) is 1.13. The first-order chi connectivity index (χ1) is 10.7. The van der Waals surface area contributed by atoms with Gasteiger partial charge >= 0.3 is 6.18 Å². The molecule has 1 aromatic carbocycles. The van der Waals surface area contributed by atoms with Crippen molar-refractivity contribution in [1.82, 2.24) is 0 Å². The molecule has 2 N–H and O–H groups in total. The number of rotatable bonds is 3. The third-order valence-corrected chi connectivity index (χ3v) is 4.36. The minimum atomic E-state index is -4.42. The lowest BCUT2D eigenvalue weighted by Crippen LogP contribution is -2.38. The predicted octanol–water partition coefficient (Wildman–Crippen LogP) is 3.52. The summed E-state index contributed by atoms with van der Waals surface area (Å²) >= 11 is 0. The Balaban J connectivity index is 2.40. The molecule has 128 valence electrons. The largest absolute Gasteiger partial charge is 0.493 e. The average molecular weight is 337 g/mol. The van der Waals surface area contributed by atoms with Gasteiger partial charge in [0.2, 0.25) is 11.7 Å². The minimum absolute atomic E-state index is 0.0147. The van der Waals surface area contributed by atoms with Crippen molar-refractivity contribution in [2.45, 2.75) is 31.4 Å². The quantitative estimate of drug-likeness (QED) is 0.858. The molecule has 0 bridgehead atoms. The van der Waals surface area contributed by atoms with Crippen LogP contribution in [0.15, 0.2) is 12.1 Å². The number of ether oxygens (including phenoxy) is 1. The lowest BCUT2D eigenvalue weighted by molar-refractivity contribution is -0.187. The number of benzene rings is 1. The highest BCUT2D eigenvalue weighted by Gasteiger charge is 2.47. The maximum atomic E-state index is 13.8. The molecule has 0 heterocycles. The second-order valence-corrected chi connectivity index (χ2v) is 5.65. The summed E-state index contributed by atoms with van der Waals surface area (Å²) in [6, 6.07) is 2.09. The number of carbonyl (C=O) groups is 1. The first-order valence-corrected chi connectivity index (χ1v) is 7.04. The van der Waals surface area contributed by atoms with E-state index in [4.69, 9.17) is 10.5 Å². The molecule has 1 saturated carbocycles. The Morgan fingerprint density at radius 1 is 1.26 bits per heavy atom. The second kappa shape index (κ2) is 6.33. The molecule has 2 rings (SSSR count). The highest BCUT2D eigenvalue weighted by molar-refractivity contribution is 5.78. The SMILES string of the molecule is COc1c(C2CC[C@H](C(F)(F)F)CC2C(N)=O)ccc(F)c1F. The van der Waals surface area contributed by atoms with E-state index in [1.54, 1.807) is 0 Å². The van der Waals surface area contributed by atoms with Crippen molar-refractivity contribution in [2.75, 3.05) is 7.11 Å². The van der Waals surface area contributed by atoms with Gasteiger partial charge in [0.05, 0.1) is 13.0 Å². The molecular weight excluding hydrogens is 321 g/mol. The van der Waals surface area contributed by atoms with Gasteiger partial charge in [-0.25, -0.2) is 4.39 Å². The molecule has 1 aromatic rings. The van der Waals surface area contributed by atoms with Crippen molar-refractivity contribution >= 4 is 5.91 Å². The van der Waals surface area contributed by atoms with Crippen LogP contribution in [0.5, 0.6) is 5.75 Å². The van der Waals surface area contributed by atoms with Crippen molar-refractivity contribution in [3.8, 4) is 5.75 Å². The number of primary amides is 1. The van der Waals surface area contributed by atoms with E-state index < -0.39 is 53.6 Å². The van der Waals surface area contributed by atoms with Crippen molar-refractivity contribution in [3.05, 3.63) is 29.3 Å². The van der Waals surface area contributed by atoms with Crippen molar-refractivity contribution in [2.24, 2.45) is 17.6 Å². The topological polar surface area (TPSA) is 52.3 Å². The first kappa shape index (κ1) is 17.5. The van der Waals surface area contributed by atoms with Gasteiger partial charge < -0.3 is 10.5 Å². The molecule has 0 aliphatic heterocycles. The van der Waals surface area contributed by atoms with Crippen LogP contribution in [-0.2, 0) is 4.79 Å². The van der Waals surface area contributed by atoms with E-state index in [2.05, 4.69) is 0 Å². The Morgan fingerprint density at radius 2 is 1.91 bits per heavy atom. The number of alkyl halides is 3. The van der Waals surface area contributed by atoms with Crippen molar-refractivity contribution in [1.29, 1.82) is 0 Å². The standard InChI is InChI=1S/C15H16F5NO2/c1-23-13-9(4-5-11(16)12(13)17)8-3-2-7(15(18,19)20)6-10(8)14(21)22/h4-5,7-8,10H,2-3,6H2,1H3,(H2,21,22)/t7-,8?,10?/m0/s1. The number of carbonyl (C=O) groups excluding carboxylic acids is 1. The van der Waals surface area contributed by atoms with E-state index in [0.29, 0.717) is 0 Å². The number of halogens is 5. The highest BCUT2D eigenvalue weighted by Crippen LogP contribution is 2.48. The fourth-order valence-electron chi connectivity index (χ4n) is 3.20. The normalized spacial score (nSPS) is 25.2. The Kier molecular flexibility index (Phi) is 4.81. The number of amides is 1. The molecular formula is C15H16F5NO2. The van der Waals surface area contributed by atoms with Gasteiger partial charge in [0.15, 0.2) is 11.6 Å². The Labute approximate surface area is 129 Å². The van der Waals surface area contributed by atoms with Crippen LogP contribution in [-0.4, -0.2) is 19.2 Å². The third kappa shape index (κ3) is 3.40. The fraction of sp³-hybridized carbons (Fsp3) is 0.533. The Bertz CT molecular complexity index is 602. The van der Waals surface area contributed by atoms with E-state index in [0.717, 1.165) is 13.2 Å². The molecule has 2 unspecified atom stereocenters. The molecule has 1 amide bonds. The molecule has 1 aliphatic rings. The lowest BCUT2D eigenvalue weighted by atomic mass is 9.70. The zero-order chi connectivity index (χ0) is 17.4. The second-order valence-electron chi connectivity index (χ2n) is 5.65. The van der Waals surface area contributed by atoms with Crippen LogP contribution in [0.1, 0.15) is 30.7 Å². The van der Waals surface area contributed by atoms with E-state index >= 15 is 0 Å². The monoisotopic (exact) mass is 337 g/mol. The van der Waals surface area contributed by atoms with E-state index in [9.17, 15) is 26.7 Å². The molecule has 0 radical (unpaired) electrons. The fourth-order valence-corrected chi connectivity index (χ4v) is 3.20. The molecule has 3 atom stereocenters. The van der Waals surface area contributed by atoms with E-state index in [1.165, 1.54) is 6.07 Å². The summed E-state index contributed by atoms with van der Waals surface area (Å²) in [5.74, 6) is -7.14. The van der Waals surface area contributed by atoms with Gasteiger partial charge in [-0.05, 0) is 31.2 Å². The average Bonchev–Trinajstić information content (AvgIpc) is 2.48. The molecule has 0 spiro atoms. The smallest absolute Gasteiger partial charge is 0.391 e. The van der Waals surface area contributed by atoms with E-state index in [1.807, 2.05) is 0 Å². The molecule has 3 nitrogen and oxygen atoms in total. The third-order valence-electron chi connectivity index (χ3n) is 4.36. The summed E-state index contributed by atoms with van der Waals surface area (Å²) in [6.45, 7) is 0. The molecule has 8 heteroatoms. The number of nitrogens with two attached hydrogens (primary N) is 1. The maximum Gasteiger partial charge on any atom is 0.391 e. The lowest BCUT2D eigenvalue weighted by Gasteiger charge is -2.36. The van der Waals surface area contributed by atoms with Crippen LogP contribution < -0.4 is 10.5 Å². The Morgan fingerprint density at radius 3 is 2.43 bits per heavy atom. The predicted molar refractivity (Wildman–Crippen MR) is 71.7 cm³/mol. The van der Waals surface area contributed by atoms with Crippen LogP contribution in [0.3, 0.4) is 0 Å². The molecule has 23 heavy (non-hydrogen) atoms. The molecule has 1 aliphatic carbocycles. The van der Waals surface area contributed by atoms with Crippen LogP contribution in [0.2, 0.25) is 0 Å². The number of hydrogen-bond donors (Lipinski definition) is 1. The summed E-state index contributed by atoms with van der Waals surface area (Å²) in [5, 5.41) is 0. The first-order valence-electron chi connectivity index (χ1n) is 7.04. The van der Waals surface area contributed by atoms with Gasteiger partial charge in [-0.15, -0.1) is 0 Å². The van der Waals surface area contributed by atoms with Gasteiger partial charge in [0, 0.05) is 11.5 Å². The Hall–Kier alpha value is -1.86. The summed E-state index contributed by atoms with van der Waals surface area (Å²) in [5.41, 5.74) is 5.41. The minimum Gasteiger partial charge on any atom is -0.493 e. The van der Waals surface area contributed by atoms with Gasteiger partial charge in [-0.2, -0.15) is 17.6 Å².